The van der Waals surface area contributed by atoms with Gasteiger partial charge in [0.05, 0.1) is 30.3 Å². The molecule has 4 rings (SSSR count). The standard InChI is InChI=1S/C19H22N6O/c1-14-23-18-15(5-4-8-21-18)19(24-14)22-13-17(16-6-2-3-7-20-16)25-9-11-26-12-10-25/h2-8,17H,9-13H2,1H3,(H,21,22,23,24). The lowest BCUT2D eigenvalue weighted by Gasteiger charge is -2.34. The zero-order valence-electron chi connectivity index (χ0n) is 14.8. The number of morpholine rings is 1. The van der Waals surface area contributed by atoms with Crippen LogP contribution in [-0.2, 0) is 4.74 Å². The van der Waals surface area contributed by atoms with Gasteiger partial charge < -0.3 is 10.1 Å². The fraction of sp³-hybridized carbons (Fsp3) is 0.368. The highest BCUT2D eigenvalue weighted by atomic mass is 16.5. The number of fused-ring (bicyclic) bond motifs is 1. The molecule has 134 valence electrons. The van der Waals surface area contributed by atoms with Crippen LogP contribution < -0.4 is 5.32 Å². The number of anilines is 1. The summed E-state index contributed by atoms with van der Waals surface area (Å²) >= 11 is 0. The topological polar surface area (TPSA) is 76.1 Å². The Morgan fingerprint density at radius 1 is 1.08 bits per heavy atom. The van der Waals surface area contributed by atoms with Crippen molar-refractivity contribution in [3.05, 3.63) is 54.2 Å². The van der Waals surface area contributed by atoms with Gasteiger partial charge in [-0.1, -0.05) is 6.07 Å². The number of rotatable bonds is 5. The Balaban J connectivity index is 1.60. The first kappa shape index (κ1) is 16.8. The lowest BCUT2D eigenvalue weighted by molar-refractivity contribution is 0.0179. The summed E-state index contributed by atoms with van der Waals surface area (Å²) in [4.78, 5) is 20.3. The summed E-state index contributed by atoms with van der Waals surface area (Å²) in [5.74, 6) is 1.52. The minimum atomic E-state index is 0.155. The van der Waals surface area contributed by atoms with Gasteiger partial charge >= 0.3 is 0 Å². The van der Waals surface area contributed by atoms with Gasteiger partial charge in [-0.2, -0.15) is 0 Å². The summed E-state index contributed by atoms with van der Waals surface area (Å²) in [6.07, 6.45) is 3.60. The highest BCUT2D eigenvalue weighted by Crippen LogP contribution is 2.23. The Morgan fingerprint density at radius 3 is 2.73 bits per heavy atom. The van der Waals surface area contributed by atoms with Gasteiger partial charge in [-0.25, -0.2) is 15.0 Å². The minimum Gasteiger partial charge on any atom is -0.379 e. The summed E-state index contributed by atoms with van der Waals surface area (Å²) < 4.78 is 5.51. The van der Waals surface area contributed by atoms with Crippen molar-refractivity contribution in [1.29, 1.82) is 0 Å². The van der Waals surface area contributed by atoms with Crippen LogP contribution in [-0.4, -0.2) is 57.7 Å². The molecule has 1 atom stereocenters. The third-order valence-electron chi connectivity index (χ3n) is 4.56. The largest absolute Gasteiger partial charge is 0.379 e. The van der Waals surface area contributed by atoms with E-state index >= 15 is 0 Å². The summed E-state index contributed by atoms with van der Waals surface area (Å²) in [6, 6.07) is 10.1. The van der Waals surface area contributed by atoms with E-state index in [1.165, 1.54) is 0 Å². The molecule has 0 radical (unpaired) electrons. The number of ether oxygens (including phenoxy) is 1. The zero-order chi connectivity index (χ0) is 17.8. The normalized spacial score (nSPS) is 16.5. The molecule has 0 bridgehead atoms. The molecule has 4 heterocycles. The maximum atomic E-state index is 5.51. The maximum Gasteiger partial charge on any atom is 0.164 e. The predicted octanol–water partition coefficient (Wildman–Crippen LogP) is 2.21. The van der Waals surface area contributed by atoms with Crippen LogP contribution >= 0.6 is 0 Å². The van der Waals surface area contributed by atoms with Crippen LogP contribution in [0.5, 0.6) is 0 Å². The van der Waals surface area contributed by atoms with Crippen molar-refractivity contribution in [2.24, 2.45) is 0 Å². The number of pyridine rings is 2. The van der Waals surface area contributed by atoms with Crippen LogP contribution in [0.25, 0.3) is 11.0 Å². The van der Waals surface area contributed by atoms with Crippen LogP contribution in [0.1, 0.15) is 17.6 Å². The summed E-state index contributed by atoms with van der Waals surface area (Å²) in [6.45, 7) is 5.89. The van der Waals surface area contributed by atoms with E-state index in [0.717, 1.165) is 43.2 Å². The van der Waals surface area contributed by atoms with Crippen molar-refractivity contribution in [3.63, 3.8) is 0 Å². The first-order valence-corrected chi connectivity index (χ1v) is 8.87. The molecule has 0 aromatic carbocycles. The molecule has 1 unspecified atom stereocenters. The second-order valence-corrected chi connectivity index (χ2v) is 6.29. The molecule has 0 spiro atoms. The number of aromatic nitrogens is 4. The van der Waals surface area contributed by atoms with E-state index in [0.29, 0.717) is 18.0 Å². The molecule has 1 aliphatic heterocycles. The molecular formula is C19H22N6O. The Hall–Kier alpha value is -2.64. The van der Waals surface area contributed by atoms with Crippen molar-refractivity contribution < 1.29 is 4.74 Å². The second-order valence-electron chi connectivity index (χ2n) is 6.29. The van der Waals surface area contributed by atoms with Gasteiger partial charge in [0.2, 0.25) is 0 Å². The van der Waals surface area contributed by atoms with E-state index in [2.05, 4.69) is 36.2 Å². The van der Waals surface area contributed by atoms with Gasteiger partial charge in [-0.3, -0.25) is 9.88 Å². The zero-order valence-corrected chi connectivity index (χ0v) is 14.8. The van der Waals surface area contributed by atoms with E-state index in [-0.39, 0.29) is 6.04 Å². The summed E-state index contributed by atoms with van der Waals surface area (Å²) in [7, 11) is 0. The quantitative estimate of drug-likeness (QED) is 0.756. The Bertz CT molecular complexity index is 866. The van der Waals surface area contributed by atoms with E-state index in [4.69, 9.17) is 4.74 Å². The summed E-state index contributed by atoms with van der Waals surface area (Å²) in [5, 5.41) is 4.44. The smallest absolute Gasteiger partial charge is 0.164 e. The second kappa shape index (κ2) is 7.72. The molecule has 7 nitrogen and oxygen atoms in total. The third kappa shape index (κ3) is 3.63. The molecule has 1 N–H and O–H groups in total. The molecule has 0 amide bonds. The monoisotopic (exact) mass is 350 g/mol. The molecule has 3 aromatic heterocycles. The van der Waals surface area contributed by atoms with Crippen molar-refractivity contribution >= 4 is 16.9 Å². The highest BCUT2D eigenvalue weighted by Gasteiger charge is 2.24. The molecule has 1 fully saturated rings. The van der Waals surface area contributed by atoms with E-state index < -0.39 is 0 Å². The predicted molar refractivity (Wildman–Crippen MR) is 99.9 cm³/mol. The fourth-order valence-corrected chi connectivity index (χ4v) is 3.28. The Labute approximate surface area is 152 Å². The van der Waals surface area contributed by atoms with Gasteiger partial charge in [0.15, 0.2) is 5.65 Å². The molecule has 7 heteroatoms. The molecule has 3 aromatic rings. The van der Waals surface area contributed by atoms with Gasteiger partial charge in [-0.05, 0) is 31.2 Å². The minimum absolute atomic E-state index is 0.155. The Kier molecular flexibility index (Phi) is 4.99. The number of nitrogens with zero attached hydrogens (tertiary/aromatic N) is 5. The van der Waals surface area contributed by atoms with Gasteiger partial charge in [0.1, 0.15) is 11.6 Å². The molecule has 0 saturated carbocycles. The van der Waals surface area contributed by atoms with Gasteiger partial charge in [0.25, 0.3) is 0 Å². The number of nitrogens with one attached hydrogen (secondary N) is 1. The molecule has 0 aliphatic carbocycles. The average molecular weight is 350 g/mol. The lowest BCUT2D eigenvalue weighted by atomic mass is 10.1. The molecular weight excluding hydrogens is 328 g/mol. The number of hydrogen-bond donors (Lipinski definition) is 1. The van der Waals surface area contributed by atoms with Crippen molar-refractivity contribution in [3.8, 4) is 0 Å². The number of hydrogen-bond acceptors (Lipinski definition) is 7. The lowest BCUT2D eigenvalue weighted by Crippen LogP contribution is -2.42. The highest BCUT2D eigenvalue weighted by molar-refractivity contribution is 5.86. The van der Waals surface area contributed by atoms with E-state index in [1.807, 2.05) is 37.4 Å². The summed E-state index contributed by atoms with van der Waals surface area (Å²) in [5.41, 5.74) is 1.76. The van der Waals surface area contributed by atoms with E-state index in [9.17, 15) is 0 Å². The van der Waals surface area contributed by atoms with Crippen molar-refractivity contribution in [1.82, 2.24) is 24.8 Å². The number of aryl methyl sites for hydroxylation is 1. The van der Waals surface area contributed by atoms with Crippen molar-refractivity contribution in [2.75, 3.05) is 38.2 Å². The molecule has 1 aliphatic rings. The van der Waals surface area contributed by atoms with Crippen LogP contribution in [0.2, 0.25) is 0 Å². The van der Waals surface area contributed by atoms with Crippen LogP contribution in [0.4, 0.5) is 5.82 Å². The first-order valence-electron chi connectivity index (χ1n) is 8.87. The van der Waals surface area contributed by atoms with Gasteiger partial charge in [0, 0.05) is 32.0 Å². The van der Waals surface area contributed by atoms with Gasteiger partial charge in [-0.15, -0.1) is 0 Å². The average Bonchev–Trinajstić information content (AvgIpc) is 2.69. The van der Waals surface area contributed by atoms with Crippen molar-refractivity contribution in [2.45, 2.75) is 13.0 Å². The maximum absolute atomic E-state index is 5.51. The van der Waals surface area contributed by atoms with Crippen LogP contribution in [0.3, 0.4) is 0 Å². The van der Waals surface area contributed by atoms with Crippen LogP contribution in [0, 0.1) is 6.92 Å². The third-order valence-corrected chi connectivity index (χ3v) is 4.56. The molecule has 1 saturated heterocycles. The fourth-order valence-electron chi connectivity index (χ4n) is 3.28. The van der Waals surface area contributed by atoms with E-state index in [1.54, 1.807) is 6.20 Å². The molecule has 26 heavy (non-hydrogen) atoms. The first-order chi connectivity index (χ1) is 12.8. The van der Waals surface area contributed by atoms with Crippen LogP contribution in [0.15, 0.2) is 42.7 Å². The Morgan fingerprint density at radius 2 is 1.92 bits per heavy atom. The SMILES string of the molecule is Cc1nc(NCC(c2ccccn2)N2CCOCC2)c2cccnc2n1.